The van der Waals surface area contributed by atoms with Crippen LogP contribution in [0.3, 0.4) is 0 Å². The molecule has 29 heavy (non-hydrogen) atoms. The van der Waals surface area contributed by atoms with Gasteiger partial charge in [-0.25, -0.2) is 4.79 Å². The van der Waals surface area contributed by atoms with Gasteiger partial charge in [-0.15, -0.1) is 0 Å². The fourth-order valence-corrected chi connectivity index (χ4v) is 2.66. The minimum absolute atomic E-state index is 0.177. The second-order valence-corrected chi connectivity index (χ2v) is 6.08. The van der Waals surface area contributed by atoms with Crippen LogP contribution in [0.5, 0.6) is 11.5 Å². The zero-order valence-electron chi connectivity index (χ0n) is 17.1. The average molecular weight is 400 g/mol. The normalized spacial score (nSPS) is 10.2. The second-order valence-electron chi connectivity index (χ2n) is 6.08. The molecule has 0 heterocycles. The van der Waals surface area contributed by atoms with Crippen molar-refractivity contribution >= 4 is 17.7 Å². The first-order valence-corrected chi connectivity index (χ1v) is 9.77. The summed E-state index contributed by atoms with van der Waals surface area (Å²) in [6.45, 7) is 7.51. The second kappa shape index (κ2) is 11.6. The number of ether oxygens (including phenoxy) is 3. The molecular formula is C22H28N2O5. The van der Waals surface area contributed by atoms with Crippen LogP contribution in [-0.4, -0.2) is 38.4 Å². The van der Waals surface area contributed by atoms with E-state index in [1.54, 1.807) is 31.2 Å². The summed E-state index contributed by atoms with van der Waals surface area (Å²) in [7, 11) is 0. The summed E-state index contributed by atoms with van der Waals surface area (Å²) in [5.74, 6) is 1.25. The molecule has 156 valence electrons. The van der Waals surface area contributed by atoms with Crippen LogP contribution < -0.4 is 20.1 Å². The van der Waals surface area contributed by atoms with Crippen LogP contribution in [0.25, 0.3) is 0 Å². The molecule has 0 unspecified atom stereocenters. The zero-order chi connectivity index (χ0) is 21.1. The lowest BCUT2D eigenvalue weighted by Crippen LogP contribution is -2.25. The number of nitrogens with one attached hydrogen (secondary N) is 2. The van der Waals surface area contributed by atoms with Crippen molar-refractivity contribution in [3.05, 3.63) is 53.6 Å². The van der Waals surface area contributed by atoms with Crippen LogP contribution in [-0.2, 0) is 11.2 Å². The maximum absolute atomic E-state index is 12.3. The summed E-state index contributed by atoms with van der Waals surface area (Å²) in [6.07, 6.45) is 0.146. The van der Waals surface area contributed by atoms with E-state index in [2.05, 4.69) is 10.6 Å². The van der Waals surface area contributed by atoms with Crippen molar-refractivity contribution < 1.29 is 23.8 Å². The van der Waals surface area contributed by atoms with E-state index in [0.29, 0.717) is 49.8 Å². The number of carbonyl (C=O) groups excluding carboxylic acids is 2. The van der Waals surface area contributed by atoms with Crippen molar-refractivity contribution in [1.82, 2.24) is 5.32 Å². The average Bonchev–Trinajstić information content (AvgIpc) is 2.71. The van der Waals surface area contributed by atoms with E-state index in [-0.39, 0.29) is 5.91 Å². The van der Waals surface area contributed by atoms with Gasteiger partial charge in [0, 0.05) is 17.8 Å². The van der Waals surface area contributed by atoms with Crippen molar-refractivity contribution in [3.8, 4) is 11.5 Å². The topological polar surface area (TPSA) is 85.9 Å². The van der Waals surface area contributed by atoms with Gasteiger partial charge in [-0.3, -0.25) is 10.1 Å². The van der Waals surface area contributed by atoms with Crippen molar-refractivity contribution in [2.75, 3.05) is 31.7 Å². The highest BCUT2D eigenvalue weighted by Gasteiger charge is 2.09. The van der Waals surface area contributed by atoms with Gasteiger partial charge >= 0.3 is 6.09 Å². The highest BCUT2D eigenvalue weighted by Crippen LogP contribution is 2.28. The monoisotopic (exact) mass is 400 g/mol. The third kappa shape index (κ3) is 7.03. The Labute approximate surface area is 171 Å². The van der Waals surface area contributed by atoms with E-state index in [0.717, 1.165) is 11.3 Å². The summed E-state index contributed by atoms with van der Waals surface area (Å²) < 4.78 is 16.0. The lowest BCUT2D eigenvalue weighted by molar-refractivity contribution is 0.0954. The summed E-state index contributed by atoms with van der Waals surface area (Å²) in [6, 6.07) is 12.4. The van der Waals surface area contributed by atoms with E-state index in [4.69, 9.17) is 14.2 Å². The standard InChI is InChI=1S/C22H28N2O5/c1-4-27-19-12-7-16(15-20(19)28-5-2)13-14-23-21(25)17-8-10-18(11-9-17)24-22(26)29-6-3/h7-12,15H,4-6,13-14H2,1-3H3,(H,23,25)(H,24,26). The Morgan fingerprint density at radius 3 is 2.21 bits per heavy atom. The molecule has 0 saturated heterocycles. The summed E-state index contributed by atoms with van der Waals surface area (Å²) in [5, 5.41) is 5.48. The number of hydrogen-bond donors (Lipinski definition) is 2. The molecule has 0 radical (unpaired) electrons. The minimum Gasteiger partial charge on any atom is -0.490 e. The van der Waals surface area contributed by atoms with Crippen LogP contribution in [0, 0.1) is 0 Å². The summed E-state index contributed by atoms with van der Waals surface area (Å²) in [4.78, 5) is 23.7. The Balaban J connectivity index is 1.87. The maximum atomic E-state index is 12.3. The molecule has 2 rings (SSSR count). The highest BCUT2D eigenvalue weighted by atomic mass is 16.5. The Morgan fingerprint density at radius 2 is 1.55 bits per heavy atom. The van der Waals surface area contributed by atoms with Crippen molar-refractivity contribution in [3.63, 3.8) is 0 Å². The predicted molar refractivity (Wildman–Crippen MR) is 112 cm³/mol. The molecule has 7 nitrogen and oxygen atoms in total. The van der Waals surface area contributed by atoms with Crippen molar-refractivity contribution in [2.24, 2.45) is 0 Å². The highest BCUT2D eigenvalue weighted by molar-refractivity contribution is 5.95. The van der Waals surface area contributed by atoms with Crippen LogP contribution in [0.1, 0.15) is 36.7 Å². The van der Waals surface area contributed by atoms with Gasteiger partial charge in [0.05, 0.1) is 19.8 Å². The number of anilines is 1. The third-order valence-corrected chi connectivity index (χ3v) is 3.98. The molecule has 0 spiro atoms. The van der Waals surface area contributed by atoms with Crippen molar-refractivity contribution in [1.29, 1.82) is 0 Å². The molecule has 0 aromatic heterocycles. The SMILES string of the molecule is CCOC(=O)Nc1ccc(C(=O)NCCc2ccc(OCC)c(OCC)c2)cc1. The van der Waals surface area contributed by atoms with Crippen molar-refractivity contribution in [2.45, 2.75) is 27.2 Å². The molecule has 0 aliphatic heterocycles. The van der Waals surface area contributed by atoms with Crippen LogP contribution in [0.4, 0.5) is 10.5 Å². The zero-order valence-corrected chi connectivity index (χ0v) is 17.1. The third-order valence-electron chi connectivity index (χ3n) is 3.98. The first-order chi connectivity index (χ1) is 14.1. The van der Waals surface area contributed by atoms with Gasteiger partial charge in [-0.05, 0) is 69.2 Å². The molecule has 2 aromatic carbocycles. The summed E-state index contributed by atoms with van der Waals surface area (Å²) >= 11 is 0. The molecule has 0 fully saturated rings. The van der Waals surface area contributed by atoms with Gasteiger partial charge < -0.3 is 19.5 Å². The maximum Gasteiger partial charge on any atom is 0.411 e. The van der Waals surface area contributed by atoms with E-state index in [9.17, 15) is 9.59 Å². The summed E-state index contributed by atoms with van der Waals surface area (Å²) in [5.41, 5.74) is 2.13. The number of benzene rings is 2. The molecule has 7 heteroatoms. The smallest absolute Gasteiger partial charge is 0.411 e. The van der Waals surface area contributed by atoms with Gasteiger partial charge in [0.15, 0.2) is 11.5 Å². The van der Waals surface area contributed by atoms with Gasteiger partial charge in [-0.1, -0.05) is 6.07 Å². The van der Waals surface area contributed by atoms with Gasteiger partial charge in [-0.2, -0.15) is 0 Å². The Hall–Kier alpha value is -3.22. The lowest BCUT2D eigenvalue weighted by Gasteiger charge is -2.12. The molecular weight excluding hydrogens is 372 g/mol. The molecule has 2 N–H and O–H groups in total. The predicted octanol–water partition coefficient (Wildman–Crippen LogP) is 4.02. The van der Waals surface area contributed by atoms with Gasteiger partial charge in [0.25, 0.3) is 5.91 Å². The molecule has 0 aliphatic carbocycles. The number of amides is 2. The van der Waals surface area contributed by atoms with E-state index >= 15 is 0 Å². The van der Waals surface area contributed by atoms with Gasteiger partial charge in [0.1, 0.15) is 0 Å². The van der Waals surface area contributed by atoms with Crippen LogP contribution in [0.2, 0.25) is 0 Å². The molecule has 2 amide bonds. The first kappa shape index (κ1) is 22.1. The minimum atomic E-state index is -0.522. The number of hydrogen-bond acceptors (Lipinski definition) is 5. The Kier molecular flexibility index (Phi) is 8.82. The molecule has 0 atom stereocenters. The van der Waals surface area contributed by atoms with Gasteiger partial charge in [0.2, 0.25) is 0 Å². The van der Waals surface area contributed by atoms with Crippen LogP contribution in [0.15, 0.2) is 42.5 Å². The van der Waals surface area contributed by atoms with E-state index in [1.165, 1.54) is 0 Å². The first-order valence-electron chi connectivity index (χ1n) is 9.77. The number of rotatable bonds is 10. The quantitative estimate of drug-likeness (QED) is 0.629. The fourth-order valence-electron chi connectivity index (χ4n) is 2.66. The van der Waals surface area contributed by atoms with Crippen LogP contribution >= 0.6 is 0 Å². The Bertz CT molecular complexity index is 805. The Morgan fingerprint density at radius 1 is 0.862 bits per heavy atom. The number of carbonyl (C=O) groups is 2. The van der Waals surface area contributed by atoms with E-state index in [1.807, 2.05) is 32.0 Å². The molecule has 0 bridgehead atoms. The molecule has 0 saturated carbocycles. The molecule has 2 aromatic rings. The lowest BCUT2D eigenvalue weighted by atomic mass is 10.1. The molecule has 0 aliphatic rings. The fraction of sp³-hybridized carbons (Fsp3) is 0.364. The van der Waals surface area contributed by atoms with E-state index < -0.39 is 6.09 Å². The largest absolute Gasteiger partial charge is 0.490 e.